The minimum Gasteiger partial charge on any atom is -0.322 e. The van der Waals surface area contributed by atoms with Crippen molar-refractivity contribution in [3.05, 3.63) is 32.4 Å². The normalized spacial score (nSPS) is 12.9. The van der Waals surface area contributed by atoms with Crippen LogP contribution in [0.15, 0.2) is 16.0 Å². The minimum absolute atomic E-state index is 0.0704. The van der Waals surface area contributed by atoms with E-state index in [1.807, 2.05) is 17.8 Å². The molecule has 0 amide bonds. The first kappa shape index (κ1) is 13.7. The van der Waals surface area contributed by atoms with E-state index in [2.05, 4.69) is 38.3 Å². The van der Waals surface area contributed by atoms with Gasteiger partial charge in [-0.2, -0.15) is 5.10 Å². The SMILES string of the molecule is CCCn1ncc(Br)c1C(N)Cc1nc(C)cs1. The summed E-state index contributed by atoms with van der Waals surface area (Å²) in [5.41, 5.74) is 8.41. The maximum atomic E-state index is 6.29. The molecule has 18 heavy (non-hydrogen) atoms. The smallest absolute Gasteiger partial charge is 0.0947 e. The molecule has 1 unspecified atom stereocenters. The van der Waals surface area contributed by atoms with Crippen LogP contribution in [0.2, 0.25) is 0 Å². The molecule has 0 saturated carbocycles. The molecule has 0 spiro atoms. The lowest BCUT2D eigenvalue weighted by molar-refractivity contribution is 0.536. The van der Waals surface area contributed by atoms with Crippen molar-refractivity contribution < 1.29 is 0 Å². The van der Waals surface area contributed by atoms with Crippen LogP contribution in [0.25, 0.3) is 0 Å². The standard InChI is InChI=1S/C12H17BrN4S/c1-3-4-17-12(9(13)6-15-17)10(14)5-11-16-8(2)7-18-11/h6-7,10H,3-5,14H2,1-2H3. The van der Waals surface area contributed by atoms with E-state index in [4.69, 9.17) is 5.73 Å². The number of nitrogens with zero attached hydrogens (tertiary/aromatic N) is 3. The quantitative estimate of drug-likeness (QED) is 0.917. The van der Waals surface area contributed by atoms with Gasteiger partial charge in [-0.3, -0.25) is 4.68 Å². The van der Waals surface area contributed by atoms with Crippen molar-refractivity contribution in [3.63, 3.8) is 0 Å². The summed E-state index contributed by atoms with van der Waals surface area (Å²) in [6.07, 6.45) is 3.62. The van der Waals surface area contributed by atoms with Gasteiger partial charge in [-0.15, -0.1) is 11.3 Å². The summed E-state index contributed by atoms with van der Waals surface area (Å²) in [4.78, 5) is 4.46. The molecule has 2 heterocycles. The fourth-order valence-corrected chi connectivity index (χ4v) is 3.33. The van der Waals surface area contributed by atoms with Gasteiger partial charge in [-0.1, -0.05) is 6.92 Å². The van der Waals surface area contributed by atoms with E-state index in [9.17, 15) is 0 Å². The molecule has 1 atom stereocenters. The molecule has 0 fully saturated rings. The number of halogens is 1. The average molecular weight is 329 g/mol. The van der Waals surface area contributed by atoms with Gasteiger partial charge in [0.25, 0.3) is 0 Å². The summed E-state index contributed by atoms with van der Waals surface area (Å²) < 4.78 is 2.96. The molecule has 4 nitrogen and oxygen atoms in total. The maximum absolute atomic E-state index is 6.29. The Bertz CT molecular complexity index is 520. The molecule has 2 aromatic heterocycles. The van der Waals surface area contributed by atoms with E-state index in [1.165, 1.54) is 0 Å². The molecule has 6 heteroatoms. The summed E-state index contributed by atoms with van der Waals surface area (Å²) in [5, 5.41) is 7.48. The van der Waals surface area contributed by atoms with Crippen LogP contribution in [-0.4, -0.2) is 14.8 Å². The lowest BCUT2D eigenvalue weighted by atomic mass is 10.1. The Morgan fingerprint density at radius 1 is 1.56 bits per heavy atom. The number of aryl methyl sites for hydroxylation is 2. The first-order valence-electron chi connectivity index (χ1n) is 5.99. The molecule has 2 aromatic rings. The van der Waals surface area contributed by atoms with Gasteiger partial charge in [-0.25, -0.2) is 4.98 Å². The highest BCUT2D eigenvalue weighted by atomic mass is 79.9. The van der Waals surface area contributed by atoms with Crippen LogP contribution in [0.1, 0.15) is 35.8 Å². The second-order valence-electron chi connectivity index (χ2n) is 4.29. The summed E-state index contributed by atoms with van der Waals surface area (Å²) in [6.45, 7) is 5.03. The van der Waals surface area contributed by atoms with Crippen LogP contribution >= 0.6 is 27.3 Å². The number of hydrogen-bond acceptors (Lipinski definition) is 4. The van der Waals surface area contributed by atoms with Crippen LogP contribution in [0.3, 0.4) is 0 Å². The number of hydrogen-bond donors (Lipinski definition) is 1. The molecule has 0 aliphatic carbocycles. The molecular weight excluding hydrogens is 312 g/mol. The van der Waals surface area contributed by atoms with Gasteiger partial charge in [0.05, 0.1) is 27.4 Å². The highest BCUT2D eigenvalue weighted by Crippen LogP contribution is 2.25. The van der Waals surface area contributed by atoms with E-state index >= 15 is 0 Å². The topological polar surface area (TPSA) is 56.7 Å². The summed E-state index contributed by atoms with van der Waals surface area (Å²) in [6, 6.07) is -0.0704. The van der Waals surface area contributed by atoms with Crippen molar-refractivity contribution in [3.8, 4) is 0 Å². The largest absolute Gasteiger partial charge is 0.322 e. The van der Waals surface area contributed by atoms with Gasteiger partial charge < -0.3 is 5.73 Å². The van der Waals surface area contributed by atoms with Crippen LogP contribution in [0.5, 0.6) is 0 Å². The number of aromatic nitrogens is 3. The molecule has 0 aliphatic heterocycles. The summed E-state index contributed by atoms with van der Waals surface area (Å²) in [7, 11) is 0. The van der Waals surface area contributed by atoms with Gasteiger partial charge in [-0.05, 0) is 29.3 Å². The molecule has 0 radical (unpaired) electrons. The average Bonchev–Trinajstić information content (AvgIpc) is 2.86. The fourth-order valence-electron chi connectivity index (χ4n) is 1.91. The zero-order valence-electron chi connectivity index (χ0n) is 10.6. The third kappa shape index (κ3) is 2.99. The van der Waals surface area contributed by atoms with Crippen molar-refractivity contribution >= 4 is 27.3 Å². The Kier molecular flexibility index (Phi) is 4.53. The van der Waals surface area contributed by atoms with Crippen molar-refractivity contribution in [2.75, 3.05) is 0 Å². The predicted molar refractivity (Wildman–Crippen MR) is 77.7 cm³/mol. The Balaban J connectivity index is 2.17. The highest BCUT2D eigenvalue weighted by Gasteiger charge is 2.17. The summed E-state index contributed by atoms with van der Waals surface area (Å²) >= 11 is 5.19. The van der Waals surface area contributed by atoms with E-state index < -0.39 is 0 Å². The molecule has 0 saturated heterocycles. The van der Waals surface area contributed by atoms with Gasteiger partial charge >= 0.3 is 0 Å². The van der Waals surface area contributed by atoms with E-state index in [0.717, 1.165) is 40.3 Å². The monoisotopic (exact) mass is 328 g/mol. The zero-order valence-corrected chi connectivity index (χ0v) is 13.0. The van der Waals surface area contributed by atoms with Gasteiger partial charge in [0.1, 0.15) is 0 Å². The Hall–Kier alpha value is -0.720. The molecule has 2 N–H and O–H groups in total. The first-order valence-corrected chi connectivity index (χ1v) is 7.66. The predicted octanol–water partition coefficient (Wildman–Crippen LogP) is 3.06. The Morgan fingerprint density at radius 2 is 2.33 bits per heavy atom. The number of rotatable bonds is 5. The second-order valence-corrected chi connectivity index (χ2v) is 6.09. The maximum Gasteiger partial charge on any atom is 0.0947 e. The zero-order chi connectivity index (χ0) is 13.1. The van der Waals surface area contributed by atoms with E-state index in [0.29, 0.717) is 0 Å². The molecule has 98 valence electrons. The first-order chi connectivity index (χ1) is 8.61. The van der Waals surface area contributed by atoms with Crippen LogP contribution in [0, 0.1) is 6.92 Å². The van der Waals surface area contributed by atoms with Crippen molar-refractivity contribution in [1.82, 2.24) is 14.8 Å². The third-order valence-corrected chi connectivity index (χ3v) is 4.28. The van der Waals surface area contributed by atoms with Crippen molar-refractivity contribution in [2.45, 2.75) is 39.3 Å². The second kappa shape index (κ2) is 5.95. The van der Waals surface area contributed by atoms with Crippen LogP contribution in [0.4, 0.5) is 0 Å². The Labute approximate surface area is 119 Å². The van der Waals surface area contributed by atoms with Gasteiger partial charge in [0.2, 0.25) is 0 Å². The van der Waals surface area contributed by atoms with Crippen LogP contribution in [-0.2, 0) is 13.0 Å². The Morgan fingerprint density at radius 3 is 2.94 bits per heavy atom. The van der Waals surface area contributed by atoms with E-state index in [-0.39, 0.29) is 6.04 Å². The number of thiazole rings is 1. The number of nitrogens with two attached hydrogens (primary N) is 1. The minimum atomic E-state index is -0.0704. The van der Waals surface area contributed by atoms with E-state index in [1.54, 1.807) is 11.3 Å². The molecular formula is C12H17BrN4S. The summed E-state index contributed by atoms with van der Waals surface area (Å²) in [5.74, 6) is 0. The van der Waals surface area contributed by atoms with Gasteiger partial charge in [0.15, 0.2) is 0 Å². The lowest BCUT2D eigenvalue weighted by Gasteiger charge is -2.13. The molecule has 0 bridgehead atoms. The molecule has 0 aromatic carbocycles. The van der Waals surface area contributed by atoms with Crippen molar-refractivity contribution in [2.24, 2.45) is 5.73 Å². The van der Waals surface area contributed by atoms with Gasteiger partial charge in [0, 0.05) is 24.0 Å². The fraction of sp³-hybridized carbons (Fsp3) is 0.500. The lowest BCUT2D eigenvalue weighted by Crippen LogP contribution is -2.19. The molecule has 2 rings (SSSR count). The van der Waals surface area contributed by atoms with Crippen molar-refractivity contribution in [1.29, 1.82) is 0 Å². The molecule has 0 aliphatic rings. The van der Waals surface area contributed by atoms with Crippen LogP contribution < -0.4 is 5.73 Å². The third-order valence-electron chi connectivity index (χ3n) is 2.68. The highest BCUT2D eigenvalue weighted by molar-refractivity contribution is 9.10.